The van der Waals surface area contributed by atoms with Crippen molar-refractivity contribution >= 4 is 5.78 Å². The molecular weight excluding hydrogens is 192 g/mol. The zero-order valence-corrected chi connectivity index (χ0v) is 9.16. The molecule has 0 N–H and O–H groups in total. The molecule has 1 aromatic carbocycles. The molecule has 0 radical (unpaired) electrons. The lowest BCUT2D eigenvalue weighted by Gasteiger charge is -2.11. The van der Waals surface area contributed by atoms with E-state index >= 15 is 0 Å². The Kier molecular flexibility index (Phi) is 3.50. The Bertz CT molecular complexity index is 394. The number of benzene rings is 1. The van der Waals surface area contributed by atoms with Gasteiger partial charge in [0, 0.05) is 0 Å². The van der Waals surface area contributed by atoms with Crippen LogP contribution in [0.15, 0.2) is 30.4 Å². The number of carbonyl (C=O) groups is 1. The van der Waals surface area contributed by atoms with Crippen molar-refractivity contribution in [1.82, 2.24) is 0 Å². The number of Topliss-reactive ketones (excluding diaryl/α,β-unsaturated/α-hetero) is 1. The van der Waals surface area contributed by atoms with Gasteiger partial charge in [-0.2, -0.15) is 0 Å². The third-order valence-electron chi connectivity index (χ3n) is 2.04. The molecular formula is C12H14O3. The summed E-state index contributed by atoms with van der Waals surface area (Å²) < 4.78 is 10.3. The first-order valence-corrected chi connectivity index (χ1v) is 4.53. The Morgan fingerprint density at radius 1 is 1.27 bits per heavy atom. The van der Waals surface area contributed by atoms with E-state index in [0.29, 0.717) is 22.6 Å². The van der Waals surface area contributed by atoms with E-state index in [4.69, 9.17) is 9.47 Å². The average molecular weight is 206 g/mol. The first-order valence-electron chi connectivity index (χ1n) is 4.53. The molecule has 0 saturated carbocycles. The van der Waals surface area contributed by atoms with E-state index in [0.717, 1.165) is 0 Å². The Morgan fingerprint density at radius 2 is 1.93 bits per heavy atom. The SMILES string of the molecule is C=C(C)C(=O)c1cccc(OC)c1OC. The molecule has 0 fully saturated rings. The molecule has 0 aliphatic heterocycles. The summed E-state index contributed by atoms with van der Waals surface area (Å²) in [5.41, 5.74) is 0.950. The second kappa shape index (κ2) is 4.64. The zero-order valence-electron chi connectivity index (χ0n) is 9.16. The van der Waals surface area contributed by atoms with Crippen molar-refractivity contribution in [3.8, 4) is 11.5 Å². The van der Waals surface area contributed by atoms with Gasteiger partial charge in [0.2, 0.25) is 0 Å². The van der Waals surface area contributed by atoms with Gasteiger partial charge in [-0.15, -0.1) is 0 Å². The normalized spacial score (nSPS) is 9.53. The van der Waals surface area contributed by atoms with Gasteiger partial charge in [0.05, 0.1) is 19.8 Å². The minimum atomic E-state index is -0.134. The summed E-state index contributed by atoms with van der Waals surface area (Å²) in [6.45, 7) is 5.28. The minimum absolute atomic E-state index is 0.134. The predicted octanol–water partition coefficient (Wildman–Crippen LogP) is 2.46. The van der Waals surface area contributed by atoms with Crippen LogP contribution in [0.25, 0.3) is 0 Å². The van der Waals surface area contributed by atoms with Crippen LogP contribution >= 0.6 is 0 Å². The Morgan fingerprint density at radius 3 is 2.40 bits per heavy atom. The first kappa shape index (κ1) is 11.3. The van der Waals surface area contributed by atoms with Crippen molar-refractivity contribution in [3.05, 3.63) is 35.9 Å². The second-order valence-corrected chi connectivity index (χ2v) is 3.15. The summed E-state index contributed by atoms with van der Waals surface area (Å²) in [6.07, 6.45) is 0. The molecule has 0 aliphatic carbocycles. The molecule has 0 bridgehead atoms. The number of para-hydroxylation sites is 1. The topological polar surface area (TPSA) is 35.5 Å². The molecule has 1 rings (SSSR count). The van der Waals surface area contributed by atoms with E-state index in [1.54, 1.807) is 25.1 Å². The van der Waals surface area contributed by atoms with Crippen molar-refractivity contribution < 1.29 is 14.3 Å². The molecule has 0 aromatic heterocycles. The molecule has 80 valence electrons. The van der Waals surface area contributed by atoms with Gasteiger partial charge in [0.15, 0.2) is 17.3 Å². The summed E-state index contributed by atoms with van der Waals surface area (Å²) in [4.78, 5) is 11.8. The standard InChI is InChI=1S/C12H14O3/c1-8(2)11(13)9-6-5-7-10(14-3)12(9)15-4/h5-7H,1H2,2-4H3. The lowest BCUT2D eigenvalue weighted by atomic mass is 10.0. The van der Waals surface area contributed by atoms with Gasteiger partial charge in [-0.25, -0.2) is 0 Å². The second-order valence-electron chi connectivity index (χ2n) is 3.15. The largest absolute Gasteiger partial charge is 0.493 e. The number of carbonyl (C=O) groups excluding carboxylic acids is 1. The summed E-state index contributed by atoms with van der Waals surface area (Å²) >= 11 is 0. The van der Waals surface area contributed by atoms with Crippen molar-refractivity contribution in [2.75, 3.05) is 14.2 Å². The third kappa shape index (κ3) is 2.18. The Balaban J connectivity index is 3.29. The fourth-order valence-corrected chi connectivity index (χ4v) is 1.30. The van der Waals surface area contributed by atoms with Gasteiger partial charge in [-0.3, -0.25) is 4.79 Å². The minimum Gasteiger partial charge on any atom is -0.493 e. The molecule has 0 heterocycles. The van der Waals surface area contributed by atoms with Crippen LogP contribution in [-0.4, -0.2) is 20.0 Å². The van der Waals surface area contributed by atoms with Crippen LogP contribution in [0.5, 0.6) is 11.5 Å². The van der Waals surface area contributed by atoms with Crippen LogP contribution in [0, 0.1) is 0 Å². The van der Waals surface area contributed by atoms with Crippen LogP contribution in [0.3, 0.4) is 0 Å². The highest BCUT2D eigenvalue weighted by Gasteiger charge is 2.16. The van der Waals surface area contributed by atoms with E-state index in [2.05, 4.69) is 6.58 Å². The van der Waals surface area contributed by atoms with Gasteiger partial charge in [0.25, 0.3) is 0 Å². The molecule has 3 nitrogen and oxygen atoms in total. The lowest BCUT2D eigenvalue weighted by molar-refractivity contribution is 0.103. The highest BCUT2D eigenvalue weighted by Crippen LogP contribution is 2.31. The maximum atomic E-state index is 11.8. The van der Waals surface area contributed by atoms with Gasteiger partial charge in [-0.1, -0.05) is 12.6 Å². The molecule has 0 saturated heterocycles. The van der Waals surface area contributed by atoms with Crippen molar-refractivity contribution in [3.63, 3.8) is 0 Å². The summed E-state index contributed by atoms with van der Waals surface area (Å²) in [6, 6.07) is 5.18. The van der Waals surface area contributed by atoms with E-state index < -0.39 is 0 Å². The highest BCUT2D eigenvalue weighted by molar-refractivity contribution is 6.10. The lowest BCUT2D eigenvalue weighted by Crippen LogP contribution is -2.04. The van der Waals surface area contributed by atoms with E-state index in [-0.39, 0.29) is 5.78 Å². The first-order chi connectivity index (χ1) is 7.11. The summed E-state index contributed by atoms with van der Waals surface area (Å²) in [5, 5.41) is 0. The monoisotopic (exact) mass is 206 g/mol. The van der Waals surface area contributed by atoms with Crippen LogP contribution in [0.4, 0.5) is 0 Å². The Labute approximate surface area is 89.3 Å². The average Bonchev–Trinajstić information content (AvgIpc) is 2.26. The maximum absolute atomic E-state index is 11.8. The highest BCUT2D eigenvalue weighted by atomic mass is 16.5. The number of rotatable bonds is 4. The maximum Gasteiger partial charge on any atom is 0.192 e. The van der Waals surface area contributed by atoms with Crippen LogP contribution in [-0.2, 0) is 0 Å². The molecule has 15 heavy (non-hydrogen) atoms. The Hall–Kier alpha value is -1.77. The fourth-order valence-electron chi connectivity index (χ4n) is 1.30. The quantitative estimate of drug-likeness (QED) is 0.560. The van der Waals surface area contributed by atoms with Crippen molar-refractivity contribution in [1.29, 1.82) is 0 Å². The number of hydrogen-bond donors (Lipinski definition) is 0. The van der Waals surface area contributed by atoms with E-state index in [1.807, 2.05) is 0 Å². The smallest absolute Gasteiger partial charge is 0.192 e. The zero-order chi connectivity index (χ0) is 11.4. The predicted molar refractivity (Wildman–Crippen MR) is 58.7 cm³/mol. The van der Waals surface area contributed by atoms with Gasteiger partial charge < -0.3 is 9.47 Å². The van der Waals surface area contributed by atoms with Crippen molar-refractivity contribution in [2.24, 2.45) is 0 Å². The molecule has 0 atom stereocenters. The molecule has 0 spiro atoms. The summed E-state index contributed by atoms with van der Waals surface area (Å²) in [7, 11) is 3.04. The summed E-state index contributed by atoms with van der Waals surface area (Å²) in [5.74, 6) is 0.864. The van der Waals surface area contributed by atoms with Crippen LogP contribution < -0.4 is 9.47 Å². The van der Waals surface area contributed by atoms with Gasteiger partial charge >= 0.3 is 0 Å². The number of allylic oxidation sites excluding steroid dienone is 1. The van der Waals surface area contributed by atoms with Crippen molar-refractivity contribution in [2.45, 2.75) is 6.92 Å². The van der Waals surface area contributed by atoms with Crippen LogP contribution in [0.2, 0.25) is 0 Å². The number of methoxy groups -OCH3 is 2. The van der Waals surface area contributed by atoms with Gasteiger partial charge in [-0.05, 0) is 24.6 Å². The fraction of sp³-hybridized carbons (Fsp3) is 0.250. The third-order valence-corrected chi connectivity index (χ3v) is 2.04. The van der Waals surface area contributed by atoms with Crippen LogP contribution in [0.1, 0.15) is 17.3 Å². The number of ether oxygens (including phenoxy) is 2. The van der Waals surface area contributed by atoms with E-state index in [1.165, 1.54) is 14.2 Å². The van der Waals surface area contributed by atoms with Gasteiger partial charge in [0.1, 0.15) is 0 Å². The number of hydrogen-bond acceptors (Lipinski definition) is 3. The molecule has 0 unspecified atom stereocenters. The molecule has 1 aromatic rings. The molecule has 0 aliphatic rings. The van der Waals surface area contributed by atoms with E-state index in [9.17, 15) is 4.79 Å². The number of ketones is 1. The molecule has 0 amide bonds. The molecule has 3 heteroatoms.